The molecule has 0 radical (unpaired) electrons. The van der Waals surface area contributed by atoms with Crippen molar-refractivity contribution in [2.75, 3.05) is 13.2 Å². The quantitative estimate of drug-likeness (QED) is 0.600. The van der Waals surface area contributed by atoms with Crippen molar-refractivity contribution in [1.82, 2.24) is 5.32 Å². The van der Waals surface area contributed by atoms with Crippen LogP contribution >= 0.6 is 0 Å². The van der Waals surface area contributed by atoms with Crippen molar-refractivity contribution < 1.29 is 14.1 Å². The number of benzene rings is 1. The predicted molar refractivity (Wildman–Crippen MR) is 65.8 cm³/mol. The normalized spacial score (nSPS) is 12.4. The fourth-order valence-corrected chi connectivity index (χ4v) is 1.45. The summed E-state index contributed by atoms with van der Waals surface area (Å²) < 4.78 is 18.6. The molecule has 0 aliphatic heterocycles. The third-order valence-electron chi connectivity index (χ3n) is 2.44. The zero-order chi connectivity index (χ0) is 13.5. The van der Waals surface area contributed by atoms with E-state index in [4.69, 9.17) is 4.74 Å². The predicted octanol–water partition coefficient (Wildman–Crippen LogP) is 2.25. The van der Waals surface area contributed by atoms with Gasteiger partial charge in [-0.05, 0) is 25.5 Å². The standard InChI is InChI=1S/C12H17FN2O3/c1-3-18-8-9(2)14-7-10-4-5-12(15(16)17)11(13)6-10/h4-6,9,14H,3,7-8H2,1-2H3. The molecule has 18 heavy (non-hydrogen) atoms. The summed E-state index contributed by atoms with van der Waals surface area (Å²) >= 11 is 0. The lowest BCUT2D eigenvalue weighted by Gasteiger charge is -2.13. The van der Waals surface area contributed by atoms with Gasteiger partial charge in [0, 0.05) is 25.3 Å². The number of nitro groups is 1. The topological polar surface area (TPSA) is 64.4 Å². The van der Waals surface area contributed by atoms with Crippen molar-refractivity contribution in [3.05, 3.63) is 39.7 Å². The van der Waals surface area contributed by atoms with Gasteiger partial charge in [-0.15, -0.1) is 0 Å². The molecular formula is C12H17FN2O3. The van der Waals surface area contributed by atoms with E-state index in [0.29, 0.717) is 25.3 Å². The van der Waals surface area contributed by atoms with Crippen LogP contribution in [0.2, 0.25) is 0 Å². The maximum Gasteiger partial charge on any atom is 0.304 e. The summed E-state index contributed by atoms with van der Waals surface area (Å²) in [6.07, 6.45) is 0. The van der Waals surface area contributed by atoms with Crippen molar-refractivity contribution in [1.29, 1.82) is 0 Å². The third-order valence-corrected chi connectivity index (χ3v) is 2.44. The van der Waals surface area contributed by atoms with Gasteiger partial charge in [0.15, 0.2) is 0 Å². The molecular weight excluding hydrogens is 239 g/mol. The molecule has 1 rings (SSSR count). The summed E-state index contributed by atoms with van der Waals surface area (Å²) in [5.41, 5.74) is 0.169. The van der Waals surface area contributed by atoms with E-state index < -0.39 is 16.4 Å². The van der Waals surface area contributed by atoms with Gasteiger partial charge >= 0.3 is 5.69 Å². The first-order valence-electron chi connectivity index (χ1n) is 5.78. The van der Waals surface area contributed by atoms with Crippen LogP contribution in [0.25, 0.3) is 0 Å². The average Bonchev–Trinajstić information content (AvgIpc) is 2.33. The number of ether oxygens (including phenoxy) is 1. The van der Waals surface area contributed by atoms with Crippen molar-refractivity contribution in [2.24, 2.45) is 0 Å². The van der Waals surface area contributed by atoms with Crippen LogP contribution in [0.1, 0.15) is 19.4 Å². The van der Waals surface area contributed by atoms with Gasteiger partial charge in [0.2, 0.25) is 5.82 Å². The molecule has 5 nitrogen and oxygen atoms in total. The van der Waals surface area contributed by atoms with Gasteiger partial charge in [-0.1, -0.05) is 6.07 Å². The molecule has 0 saturated heterocycles. The van der Waals surface area contributed by atoms with Gasteiger partial charge in [-0.3, -0.25) is 10.1 Å². The van der Waals surface area contributed by atoms with E-state index in [1.165, 1.54) is 12.1 Å². The second kappa shape index (κ2) is 7.03. The second-order valence-electron chi connectivity index (χ2n) is 3.98. The highest BCUT2D eigenvalue weighted by Gasteiger charge is 2.13. The van der Waals surface area contributed by atoms with Gasteiger partial charge in [-0.25, -0.2) is 0 Å². The van der Waals surface area contributed by atoms with Gasteiger partial charge in [-0.2, -0.15) is 4.39 Å². The van der Waals surface area contributed by atoms with E-state index in [9.17, 15) is 14.5 Å². The molecule has 6 heteroatoms. The fraction of sp³-hybridized carbons (Fsp3) is 0.500. The van der Waals surface area contributed by atoms with Crippen LogP contribution in [0.4, 0.5) is 10.1 Å². The van der Waals surface area contributed by atoms with Crippen LogP contribution < -0.4 is 5.32 Å². The Kier molecular flexibility index (Phi) is 5.67. The molecule has 1 aromatic carbocycles. The monoisotopic (exact) mass is 256 g/mol. The lowest BCUT2D eigenvalue weighted by atomic mass is 10.2. The smallest absolute Gasteiger partial charge is 0.304 e. The van der Waals surface area contributed by atoms with Crippen LogP contribution in [0.5, 0.6) is 0 Å². The Morgan fingerprint density at radius 3 is 2.83 bits per heavy atom. The molecule has 0 aliphatic carbocycles. The second-order valence-corrected chi connectivity index (χ2v) is 3.98. The summed E-state index contributed by atoms with van der Waals surface area (Å²) in [5, 5.41) is 13.6. The summed E-state index contributed by atoms with van der Waals surface area (Å²) in [4.78, 5) is 9.72. The minimum absolute atomic E-state index is 0.142. The molecule has 1 aromatic rings. The highest BCUT2D eigenvalue weighted by atomic mass is 19.1. The number of nitrogens with zero attached hydrogens (tertiary/aromatic N) is 1. The van der Waals surface area contributed by atoms with E-state index in [0.717, 1.165) is 0 Å². The molecule has 1 atom stereocenters. The van der Waals surface area contributed by atoms with Crippen molar-refractivity contribution in [3.8, 4) is 0 Å². The summed E-state index contributed by atoms with van der Waals surface area (Å²) in [5.74, 6) is -0.809. The molecule has 0 heterocycles. The number of nitrogens with one attached hydrogen (secondary N) is 1. The van der Waals surface area contributed by atoms with Crippen molar-refractivity contribution in [2.45, 2.75) is 26.4 Å². The maximum atomic E-state index is 13.3. The Bertz CT molecular complexity index is 412. The molecule has 0 amide bonds. The Balaban J connectivity index is 2.53. The Morgan fingerprint density at radius 1 is 1.56 bits per heavy atom. The lowest BCUT2D eigenvalue weighted by Crippen LogP contribution is -2.30. The van der Waals surface area contributed by atoms with Crippen LogP contribution in [-0.2, 0) is 11.3 Å². The molecule has 1 N–H and O–H groups in total. The average molecular weight is 256 g/mol. The maximum absolute atomic E-state index is 13.3. The summed E-state index contributed by atoms with van der Waals surface area (Å²) in [7, 11) is 0. The summed E-state index contributed by atoms with van der Waals surface area (Å²) in [6, 6.07) is 4.04. The van der Waals surface area contributed by atoms with Gasteiger partial charge in [0.05, 0.1) is 11.5 Å². The SMILES string of the molecule is CCOCC(C)NCc1ccc([N+](=O)[O-])c(F)c1. The van der Waals surface area contributed by atoms with E-state index in [1.807, 2.05) is 13.8 Å². The van der Waals surface area contributed by atoms with Gasteiger partial charge < -0.3 is 10.1 Å². The zero-order valence-corrected chi connectivity index (χ0v) is 10.5. The Hall–Kier alpha value is -1.53. The molecule has 0 spiro atoms. The van der Waals surface area contributed by atoms with E-state index in [-0.39, 0.29) is 6.04 Å². The molecule has 1 unspecified atom stereocenters. The number of hydrogen-bond acceptors (Lipinski definition) is 4. The minimum Gasteiger partial charge on any atom is -0.380 e. The largest absolute Gasteiger partial charge is 0.380 e. The van der Waals surface area contributed by atoms with Crippen LogP contribution in [-0.4, -0.2) is 24.2 Å². The Labute approximate surface area is 105 Å². The Morgan fingerprint density at radius 2 is 2.28 bits per heavy atom. The molecule has 0 saturated carbocycles. The van der Waals surface area contributed by atoms with Gasteiger partial charge in [0.1, 0.15) is 0 Å². The lowest BCUT2D eigenvalue weighted by molar-refractivity contribution is -0.387. The fourth-order valence-electron chi connectivity index (χ4n) is 1.45. The highest BCUT2D eigenvalue weighted by Crippen LogP contribution is 2.17. The van der Waals surface area contributed by atoms with Crippen molar-refractivity contribution >= 4 is 5.69 Å². The summed E-state index contributed by atoms with van der Waals surface area (Å²) in [6.45, 7) is 5.54. The number of halogens is 1. The van der Waals surface area contributed by atoms with Crippen LogP contribution in [0, 0.1) is 15.9 Å². The van der Waals surface area contributed by atoms with E-state index in [2.05, 4.69) is 5.32 Å². The molecule has 100 valence electrons. The highest BCUT2D eigenvalue weighted by molar-refractivity contribution is 5.34. The molecule has 0 aromatic heterocycles. The molecule has 0 aliphatic rings. The molecule has 0 bridgehead atoms. The number of hydrogen-bond donors (Lipinski definition) is 1. The van der Waals surface area contributed by atoms with Crippen LogP contribution in [0.15, 0.2) is 18.2 Å². The molecule has 0 fully saturated rings. The first-order valence-corrected chi connectivity index (χ1v) is 5.78. The zero-order valence-electron chi connectivity index (χ0n) is 10.5. The van der Waals surface area contributed by atoms with E-state index >= 15 is 0 Å². The van der Waals surface area contributed by atoms with Gasteiger partial charge in [0.25, 0.3) is 0 Å². The third kappa shape index (κ3) is 4.38. The first-order chi connectivity index (χ1) is 8.54. The minimum atomic E-state index is -0.809. The first kappa shape index (κ1) is 14.5. The number of nitro benzene ring substituents is 1. The number of rotatable bonds is 7. The van der Waals surface area contributed by atoms with Crippen LogP contribution in [0.3, 0.4) is 0 Å². The van der Waals surface area contributed by atoms with E-state index in [1.54, 1.807) is 6.07 Å². The van der Waals surface area contributed by atoms with Crippen molar-refractivity contribution in [3.63, 3.8) is 0 Å².